The van der Waals surface area contributed by atoms with E-state index in [1.165, 1.54) is 11.0 Å². The van der Waals surface area contributed by atoms with E-state index in [2.05, 4.69) is 33.9 Å². The van der Waals surface area contributed by atoms with Crippen LogP contribution in [-0.4, -0.2) is 58.0 Å². The summed E-state index contributed by atoms with van der Waals surface area (Å²) in [6, 6.07) is 4.79. The van der Waals surface area contributed by atoms with Crippen molar-refractivity contribution < 1.29 is 23.5 Å². The van der Waals surface area contributed by atoms with Gasteiger partial charge in [-0.15, -0.1) is 0 Å². The van der Waals surface area contributed by atoms with Crippen LogP contribution in [0.25, 0.3) is 0 Å². The van der Waals surface area contributed by atoms with Gasteiger partial charge in [-0.1, -0.05) is 20.8 Å². The number of hydrogen-bond donors (Lipinski definition) is 1. The third-order valence-electron chi connectivity index (χ3n) is 6.07. The molecule has 1 aromatic rings. The van der Waals surface area contributed by atoms with Gasteiger partial charge in [0.2, 0.25) is 0 Å². The molecule has 2 aliphatic heterocycles. The average molecular weight is 411 g/mol. The zero-order valence-electron chi connectivity index (χ0n) is 17.4. The number of ether oxygens (including phenoxy) is 1. The first-order chi connectivity index (χ1) is 13.0. The van der Waals surface area contributed by atoms with Gasteiger partial charge in [0.1, 0.15) is 11.9 Å². The molecule has 1 unspecified atom stereocenters. The highest BCUT2D eigenvalue weighted by Crippen LogP contribution is 2.39. The number of nitrogens with zero attached hydrogens (tertiary/aromatic N) is 2. The van der Waals surface area contributed by atoms with Gasteiger partial charge in [-0.2, -0.15) is 0 Å². The molecule has 0 spiro atoms. The van der Waals surface area contributed by atoms with E-state index in [-0.39, 0.29) is 30.1 Å². The van der Waals surface area contributed by atoms with E-state index < -0.39 is 20.5 Å². The molecule has 28 heavy (non-hydrogen) atoms. The average Bonchev–Trinajstić information content (AvgIpc) is 3.19. The predicted octanol–water partition coefficient (Wildman–Crippen LogP) is 3.74. The molecule has 1 N–H and O–H groups in total. The van der Waals surface area contributed by atoms with E-state index in [1.807, 2.05) is 4.90 Å². The maximum absolute atomic E-state index is 14.8. The van der Waals surface area contributed by atoms with Gasteiger partial charge in [0.15, 0.2) is 8.32 Å². The molecule has 6 nitrogen and oxygen atoms in total. The number of hydrogen-bond acceptors (Lipinski definition) is 5. The van der Waals surface area contributed by atoms with Crippen LogP contribution in [0.15, 0.2) is 18.2 Å². The van der Waals surface area contributed by atoms with Crippen LogP contribution in [0.1, 0.15) is 27.2 Å². The van der Waals surface area contributed by atoms with Gasteiger partial charge in [0.25, 0.3) is 0 Å². The molecular formula is C20H31FN2O4Si. The van der Waals surface area contributed by atoms with E-state index in [4.69, 9.17) is 14.3 Å². The first-order valence-electron chi connectivity index (χ1n) is 9.83. The molecule has 0 aromatic heterocycles. The highest BCUT2D eigenvalue weighted by molar-refractivity contribution is 6.74. The molecule has 0 saturated carbocycles. The van der Waals surface area contributed by atoms with E-state index in [0.29, 0.717) is 17.9 Å². The second-order valence-electron chi connectivity index (χ2n) is 9.17. The van der Waals surface area contributed by atoms with Crippen LogP contribution < -0.4 is 9.80 Å². The Bertz CT molecular complexity index is 737. The van der Waals surface area contributed by atoms with Crippen molar-refractivity contribution >= 4 is 25.8 Å². The largest absolute Gasteiger partial charge is 0.441 e. The second-order valence-corrected chi connectivity index (χ2v) is 13.9. The lowest BCUT2D eigenvalue weighted by Gasteiger charge is -2.38. The number of amides is 1. The number of rotatable bonds is 5. The summed E-state index contributed by atoms with van der Waals surface area (Å²) in [4.78, 5) is 15.3. The van der Waals surface area contributed by atoms with E-state index in [0.717, 1.165) is 13.0 Å². The van der Waals surface area contributed by atoms with Crippen LogP contribution in [-0.2, 0) is 9.16 Å². The van der Waals surface area contributed by atoms with Crippen molar-refractivity contribution in [1.29, 1.82) is 0 Å². The number of halogens is 1. The van der Waals surface area contributed by atoms with Gasteiger partial charge in [-0.05, 0) is 42.8 Å². The molecule has 3 rings (SSSR count). The lowest BCUT2D eigenvalue weighted by Crippen LogP contribution is -2.44. The maximum Gasteiger partial charge on any atom is 0.414 e. The van der Waals surface area contributed by atoms with E-state index in [9.17, 15) is 9.18 Å². The Labute approximate surface area is 167 Å². The van der Waals surface area contributed by atoms with Crippen molar-refractivity contribution in [2.24, 2.45) is 0 Å². The van der Waals surface area contributed by atoms with Crippen LogP contribution in [0.3, 0.4) is 0 Å². The molecule has 156 valence electrons. The van der Waals surface area contributed by atoms with Gasteiger partial charge < -0.3 is 19.2 Å². The third kappa shape index (κ3) is 4.18. The predicted molar refractivity (Wildman–Crippen MR) is 110 cm³/mol. The fourth-order valence-electron chi connectivity index (χ4n) is 3.38. The SMILES string of the molecule is CC(C)(C)[Si](C)(C)OC1CCN(c2ccc(N3C[C@@H](CO)OC3=O)cc2F)C1. The summed E-state index contributed by atoms with van der Waals surface area (Å²) < 4.78 is 26.3. The molecule has 2 atom stereocenters. The Morgan fingerprint density at radius 2 is 2.04 bits per heavy atom. The summed E-state index contributed by atoms with van der Waals surface area (Å²) in [5.74, 6) is -0.370. The summed E-state index contributed by atoms with van der Waals surface area (Å²) in [6.07, 6.45) is -0.138. The van der Waals surface area contributed by atoms with Gasteiger partial charge in [0, 0.05) is 13.1 Å². The standard InChI is InChI=1S/C20H31FN2O4Si/c1-20(2,3)28(4,5)27-15-8-9-22(11-15)18-7-6-14(10-17(18)21)23-12-16(13-24)26-19(23)25/h6-7,10,15-16,24H,8-9,11-13H2,1-5H3/t15?,16-/m0/s1. The zero-order chi connectivity index (χ0) is 20.7. The maximum atomic E-state index is 14.8. The third-order valence-corrected chi connectivity index (χ3v) is 10.6. The Kier molecular flexibility index (Phi) is 5.75. The van der Waals surface area contributed by atoms with Crippen molar-refractivity contribution in [2.75, 3.05) is 36.0 Å². The summed E-state index contributed by atoms with van der Waals surface area (Å²) in [6.45, 7) is 12.5. The summed E-state index contributed by atoms with van der Waals surface area (Å²) in [5, 5.41) is 9.30. The minimum atomic E-state index is -1.86. The van der Waals surface area contributed by atoms with Gasteiger partial charge >= 0.3 is 6.09 Å². The van der Waals surface area contributed by atoms with Crippen molar-refractivity contribution in [3.63, 3.8) is 0 Å². The monoisotopic (exact) mass is 410 g/mol. The molecule has 2 saturated heterocycles. The van der Waals surface area contributed by atoms with Gasteiger partial charge in [-0.25, -0.2) is 9.18 Å². The number of cyclic esters (lactones) is 1. The smallest absolute Gasteiger partial charge is 0.414 e. The lowest BCUT2D eigenvalue weighted by atomic mass is 10.2. The molecule has 0 bridgehead atoms. The van der Waals surface area contributed by atoms with Crippen molar-refractivity contribution in [3.8, 4) is 0 Å². The Morgan fingerprint density at radius 1 is 1.32 bits per heavy atom. The second kappa shape index (κ2) is 7.65. The van der Waals surface area contributed by atoms with E-state index >= 15 is 0 Å². The van der Waals surface area contributed by atoms with Crippen molar-refractivity contribution in [2.45, 2.75) is 57.5 Å². The highest BCUT2D eigenvalue weighted by Gasteiger charge is 2.41. The fraction of sp³-hybridized carbons (Fsp3) is 0.650. The fourth-order valence-corrected chi connectivity index (χ4v) is 4.76. The minimum absolute atomic E-state index is 0.110. The number of benzene rings is 1. The summed E-state index contributed by atoms with van der Waals surface area (Å²) in [5.41, 5.74) is 0.965. The molecule has 2 aliphatic rings. The topological polar surface area (TPSA) is 62.2 Å². The quantitative estimate of drug-likeness (QED) is 0.749. The Hall–Kier alpha value is -1.64. The van der Waals surface area contributed by atoms with Crippen molar-refractivity contribution in [1.82, 2.24) is 0 Å². The Balaban J connectivity index is 1.68. The molecular weight excluding hydrogens is 379 g/mol. The number of anilines is 2. The summed E-state index contributed by atoms with van der Waals surface area (Å²) >= 11 is 0. The number of carbonyl (C=O) groups excluding carboxylic acids is 1. The van der Waals surface area contributed by atoms with Crippen LogP contribution in [0.4, 0.5) is 20.6 Å². The normalized spacial score (nSPS) is 23.5. The number of carbonyl (C=O) groups is 1. The first-order valence-corrected chi connectivity index (χ1v) is 12.7. The molecule has 0 radical (unpaired) electrons. The number of aliphatic hydroxyl groups is 1. The molecule has 1 aromatic carbocycles. The molecule has 2 fully saturated rings. The van der Waals surface area contributed by atoms with Crippen LogP contribution in [0, 0.1) is 5.82 Å². The van der Waals surface area contributed by atoms with E-state index in [1.54, 1.807) is 12.1 Å². The van der Waals surface area contributed by atoms with Crippen molar-refractivity contribution in [3.05, 3.63) is 24.0 Å². The lowest BCUT2D eigenvalue weighted by molar-refractivity contribution is 0.0963. The Morgan fingerprint density at radius 3 is 2.61 bits per heavy atom. The van der Waals surface area contributed by atoms with Crippen LogP contribution >= 0.6 is 0 Å². The molecule has 8 heteroatoms. The molecule has 0 aliphatic carbocycles. The van der Waals surface area contributed by atoms with Gasteiger partial charge in [0.05, 0.1) is 30.6 Å². The zero-order valence-corrected chi connectivity index (χ0v) is 18.4. The number of aliphatic hydroxyl groups excluding tert-OH is 1. The highest BCUT2D eigenvalue weighted by atomic mass is 28.4. The summed E-state index contributed by atoms with van der Waals surface area (Å²) in [7, 11) is -1.86. The minimum Gasteiger partial charge on any atom is -0.441 e. The first kappa shape index (κ1) is 21.1. The van der Waals surface area contributed by atoms with Gasteiger partial charge in [-0.3, -0.25) is 4.90 Å². The van der Waals surface area contributed by atoms with Crippen LogP contribution in [0.5, 0.6) is 0 Å². The molecule has 2 heterocycles. The molecule has 1 amide bonds. The van der Waals surface area contributed by atoms with Crippen LogP contribution in [0.2, 0.25) is 18.1 Å².